The molecule has 0 aliphatic carbocycles. The van der Waals surface area contributed by atoms with Crippen molar-refractivity contribution in [1.82, 2.24) is 9.66 Å². The van der Waals surface area contributed by atoms with Crippen LogP contribution >= 0.6 is 84.3 Å². The van der Waals surface area contributed by atoms with Gasteiger partial charge in [-0.15, -0.1) is 0 Å². The van der Waals surface area contributed by atoms with Gasteiger partial charge in [-0.1, -0.05) is 57.3 Å². The van der Waals surface area contributed by atoms with E-state index in [2.05, 4.69) is 66.2 Å². The van der Waals surface area contributed by atoms with Crippen molar-refractivity contribution in [2.45, 2.75) is 6.61 Å². The van der Waals surface area contributed by atoms with E-state index in [0.717, 1.165) is 33.9 Å². The molecule has 0 aliphatic heterocycles. The van der Waals surface area contributed by atoms with Gasteiger partial charge in [-0.05, 0) is 117 Å². The van der Waals surface area contributed by atoms with Gasteiger partial charge in [0.05, 0.1) is 34.3 Å². The standard InChI is InChI=1S/C30H16BrCl2I2N3O3/c31-19-6-8-26-18(12-19)13-27(41-26)29-37-25-4-2-1-3-20(25)30(39)38(29)36-14-17-10-23(34)28(24(35)11-17)40-15-16-5-7-21(32)22(33)9-16/h1-14H,15H2. The maximum Gasteiger partial charge on any atom is 0.282 e. The number of aromatic nitrogens is 2. The zero-order chi connectivity index (χ0) is 28.7. The fourth-order valence-corrected chi connectivity index (χ4v) is 7.04. The summed E-state index contributed by atoms with van der Waals surface area (Å²) in [6.07, 6.45) is 1.63. The molecular weight excluding hydrogens is 855 g/mol. The van der Waals surface area contributed by atoms with Gasteiger partial charge in [0.25, 0.3) is 5.56 Å². The predicted molar refractivity (Wildman–Crippen MR) is 185 cm³/mol. The van der Waals surface area contributed by atoms with Crippen LogP contribution in [0.5, 0.6) is 5.75 Å². The molecule has 0 radical (unpaired) electrons. The molecule has 0 spiro atoms. The van der Waals surface area contributed by atoms with Crippen molar-refractivity contribution in [1.29, 1.82) is 0 Å². The molecule has 0 N–H and O–H groups in total. The van der Waals surface area contributed by atoms with E-state index in [9.17, 15) is 4.79 Å². The number of para-hydroxylation sites is 1. The third kappa shape index (κ3) is 6.05. The van der Waals surface area contributed by atoms with Gasteiger partial charge in [0, 0.05) is 9.86 Å². The number of benzene rings is 4. The Bertz CT molecular complexity index is 2040. The average Bonchev–Trinajstić information content (AvgIpc) is 3.37. The largest absolute Gasteiger partial charge is 0.487 e. The van der Waals surface area contributed by atoms with Gasteiger partial charge in [-0.3, -0.25) is 4.79 Å². The lowest BCUT2D eigenvalue weighted by molar-refractivity contribution is 0.302. The molecule has 6 aromatic rings. The molecule has 0 unspecified atom stereocenters. The fourth-order valence-electron chi connectivity index (χ4n) is 4.22. The summed E-state index contributed by atoms with van der Waals surface area (Å²) in [5.41, 5.74) is 2.65. The summed E-state index contributed by atoms with van der Waals surface area (Å²) in [5.74, 6) is 1.49. The molecule has 6 nitrogen and oxygen atoms in total. The van der Waals surface area contributed by atoms with Crippen molar-refractivity contribution in [2.24, 2.45) is 5.10 Å². The summed E-state index contributed by atoms with van der Waals surface area (Å²) in [4.78, 5) is 18.3. The highest BCUT2D eigenvalue weighted by Gasteiger charge is 2.17. The molecular formula is C30H16BrCl2I2N3O3. The molecule has 0 fully saturated rings. The number of fused-ring (bicyclic) bond motifs is 2. The Morgan fingerprint density at radius 1 is 0.976 bits per heavy atom. The van der Waals surface area contributed by atoms with Crippen molar-refractivity contribution in [3.63, 3.8) is 0 Å². The lowest BCUT2D eigenvalue weighted by atomic mass is 10.2. The summed E-state index contributed by atoms with van der Waals surface area (Å²) in [6.45, 7) is 0.339. The van der Waals surface area contributed by atoms with E-state index in [0.29, 0.717) is 44.7 Å². The van der Waals surface area contributed by atoms with Crippen molar-refractivity contribution >= 4 is 112 Å². The summed E-state index contributed by atoms with van der Waals surface area (Å²) in [5, 5.41) is 6.91. The van der Waals surface area contributed by atoms with Gasteiger partial charge in [0.15, 0.2) is 5.76 Å². The van der Waals surface area contributed by atoms with E-state index in [4.69, 9.17) is 37.3 Å². The topological polar surface area (TPSA) is 69.6 Å². The Morgan fingerprint density at radius 2 is 1.76 bits per heavy atom. The summed E-state index contributed by atoms with van der Waals surface area (Å²) in [7, 11) is 0. The summed E-state index contributed by atoms with van der Waals surface area (Å²) < 4.78 is 16.2. The molecule has 0 aliphatic rings. The number of ether oxygens (including phenoxy) is 1. The summed E-state index contributed by atoms with van der Waals surface area (Å²) in [6, 6.07) is 24.1. The monoisotopic (exact) mass is 869 g/mol. The van der Waals surface area contributed by atoms with Crippen LogP contribution < -0.4 is 10.3 Å². The maximum absolute atomic E-state index is 13.6. The molecule has 0 atom stereocenters. The number of nitrogens with zero attached hydrogens (tertiary/aromatic N) is 3. The molecule has 0 bridgehead atoms. The zero-order valence-electron chi connectivity index (χ0n) is 20.7. The van der Waals surface area contributed by atoms with E-state index in [1.54, 1.807) is 36.5 Å². The second-order valence-electron chi connectivity index (χ2n) is 8.96. The van der Waals surface area contributed by atoms with Gasteiger partial charge >= 0.3 is 0 Å². The molecule has 0 amide bonds. The first-order valence-corrected chi connectivity index (χ1v) is 15.8. The van der Waals surface area contributed by atoms with E-state index >= 15 is 0 Å². The van der Waals surface area contributed by atoms with E-state index in [1.165, 1.54) is 4.68 Å². The van der Waals surface area contributed by atoms with E-state index < -0.39 is 0 Å². The minimum atomic E-state index is -0.297. The lowest BCUT2D eigenvalue weighted by Crippen LogP contribution is -2.20. The SMILES string of the molecule is O=c1c2ccccc2nc(-c2cc3cc(Br)ccc3o2)n1N=Cc1cc(I)c(OCc2ccc(Cl)c(Cl)c2)c(I)c1. The van der Waals surface area contributed by atoms with Crippen LogP contribution in [0.2, 0.25) is 10.0 Å². The Hall–Kier alpha value is -2.45. The summed E-state index contributed by atoms with van der Waals surface area (Å²) >= 11 is 20.1. The third-order valence-electron chi connectivity index (χ3n) is 6.16. The number of furan rings is 1. The molecule has 41 heavy (non-hydrogen) atoms. The molecule has 204 valence electrons. The van der Waals surface area contributed by atoms with Gasteiger partial charge in [0.1, 0.15) is 17.9 Å². The smallest absolute Gasteiger partial charge is 0.282 e. The number of hydrogen-bond acceptors (Lipinski definition) is 5. The third-order valence-corrected chi connectivity index (χ3v) is 9.00. The molecule has 6 rings (SSSR count). The zero-order valence-corrected chi connectivity index (χ0v) is 28.2. The molecule has 4 aromatic carbocycles. The van der Waals surface area contributed by atoms with Crippen LogP contribution in [0.1, 0.15) is 11.1 Å². The Labute approximate surface area is 279 Å². The number of rotatable bonds is 6. The maximum atomic E-state index is 13.6. The van der Waals surface area contributed by atoms with Crippen molar-refractivity contribution in [3.8, 4) is 17.3 Å². The van der Waals surface area contributed by atoms with E-state index in [1.807, 2.05) is 48.5 Å². The minimum absolute atomic E-state index is 0.297. The van der Waals surface area contributed by atoms with Crippen LogP contribution in [0, 0.1) is 7.14 Å². The first kappa shape index (κ1) is 28.7. The van der Waals surface area contributed by atoms with Crippen LogP contribution in [0.25, 0.3) is 33.5 Å². The number of halogens is 5. The second-order valence-corrected chi connectivity index (χ2v) is 13.0. The van der Waals surface area contributed by atoms with Gasteiger partial charge in [-0.2, -0.15) is 9.78 Å². The molecule has 2 heterocycles. The highest BCUT2D eigenvalue weighted by molar-refractivity contribution is 14.1. The molecule has 0 saturated heterocycles. The Morgan fingerprint density at radius 3 is 2.54 bits per heavy atom. The Balaban J connectivity index is 1.36. The molecule has 11 heteroatoms. The molecule has 0 saturated carbocycles. The first-order chi connectivity index (χ1) is 19.8. The van der Waals surface area contributed by atoms with Crippen molar-refractivity contribution in [3.05, 3.63) is 122 Å². The van der Waals surface area contributed by atoms with Crippen molar-refractivity contribution in [2.75, 3.05) is 0 Å². The van der Waals surface area contributed by atoms with Crippen LogP contribution in [-0.4, -0.2) is 15.9 Å². The van der Waals surface area contributed by atoms with Crippen LogP contribution in [0.3, 0.4) is 0 Å². The second kappa shape index (κ2) is 12.0. The lowest BCUT2D eigenvalue weighted by Gasteiger charge is -2.12. The van der Waals surface area contributed by atoms with Crippen LogP contribution in [0.15, 0.2) is 97.6 Å². The van der Waals surface area contributed by atoms with E-state index in [-0.39, 0.29) is 5.56 Å². The first-order valence-electron chi connectivity index (χ1n) is 12.1. The average molecular weight is 871 g/mol. The quantitative estimate of drug-likeness (QED) is 0.124. The minimum Gasteiger partial charge on any atom is -0.487 e. The van der Waals surface area contributed by atoms with Gasteiger partial charge in [-0.25, -0.2) is 4.98 Å². The molecule has 2 aromatic heterocycles. The normalized spacial score (nSPS) is 11.6. The fraction of sp³-hybridized carbons (Fsp3) is 0.0333. The number of hydrogen-bond donors (Lipinski definition) is 0. The van der Waals surface area contributed by atoms with Gasteiger partial charge < -0.3 is 9.15 Å². The van der Waals surface area contributed by atoms with Crippen LogP contribution in [0.4, 0.5) is 0 Å². The highest BCUT2D eigenvalue weighted by atomic mass is 127. The Kier molecular flexibility index (Phi) is 8.42. The van der Waals surface area contributed by atoms with Crippen LogP contribution in [-0.2, 0) is 6.61 Å². The highest BCUT2D eigenvalue weighted by Crippen LogP contribution is 2.31. The predicted octanol–water partition coefficient (Wildman–Crippen LogP) is 9.55. The van der Waals surface area contributed by atoms with Gasteiger partial charge in [0.2, 0.25) is 5.82 Å². The van der Waals surface area contributed by atoms with Crippen molar-refractivity contribution < 1.29 is 9.15 Å².